The number of amidine groups is 1. The van der Waals surface area contributed by atoms with Crippen LogP contribution < -0.4 is 0 Å². The summed E-state index contributed by atoms with van der Waals surface area (Å²) in [6, 6.07) is 9.61. The quantitative estimate of drug-likeness (QED) is 0.592. The maximum Gasteiger partial charge on any atom is 0.161 e. The Morgan fingerprint density at radius 3 is 2.72 bits per heavy atom. The minimum Gasteiger partial charge on any atom is -0.264 e. The van der Waals surface area contributed by atoms with E-state index in [1.165, 1.54) is 0 Å². The lowest BCUT2D eigenvalue weighted by Gasteiger charge is -2.20. The zero-order valence-corrected chi connectivity index (χ0v) is 10.2. The largest absolute Gasteiger partial charge is 0.264 e. The van der Waals surface area contributed by atoms with E-state index in [4.69, 9.17) is 0 Å². The van der Waals surface area contributed by atoms with E-state index in [2.05, 4.69) is 23.4 Å². The number of halogens is 1. The number of hydrogen-bond acceptors (Lipinski definition) is 2. The van der Waals surface area contributed by atoms with Crippen LogP contribution in [0.3, 0.4) is 0 Å². The third-order valence-corrected chi connectivity index (χ3v) is 2.96. The fourth-order valence-corrected chi connectivity index (χ4v) is 2.16. The van der Waals surface area contributed by atoms with Crippen molar-refractivity contribution in [3.8, 4) is 0 Å². The van der Waals surface area contributed by atoms with Gasteiger partial charge in [0.1, 0.15) is 0 Å². The number of hydrazone groups is 1. The van der Waals surface area contributed by atoms with E-state index in [-0.39, 0.29) is 6.04 Å². The summed E-state index contributed by atoms with van der Waals surface area (Å²) in [5.74, 6) is 0.346. The molecule has 94 valence electrons. The van der Waals surface area contributed by atoms with Crippen molar-refractivity contribution >= 4 is 12.6 Å². The van der Waals surface area contributed by atoms with Gasteiger partial charge in [-0.05, 0) is 5.56 Å². The number of nitrogens with zero attached hydrogens (tertiary/aromatic N) is 3. The molecular weight excluding hydrogens is 229 g/mol. The summed E-state index contributed by atoms with van der Waals surface area (Å²) in [5, 5.41) is 5.48. The molecule has 3 nitrogen and oxygen atoms in total. The van der Waals surface area contributed by atoms with Gasteiger partial charge in [-0.15, -0.1) is 6.58 Å². The molecule has 1 heterocycles. The summed E-state index contributed by atoms with van der Waals surface area (Å²) in [6.45, 7) is 7.49. The second kappa shape index (κ2) is 5.58. The lowest BCUT2D eigenvalue weighted by molar-refractivity contribution is 0.346. The fraction of sp³-hybridized carbons (Fsp3) is 0.286. The molecule has 0 aromatic heterocycles. The third kappa shape index (κ3) is 2.32. The van der Waals surface area contributed by atoms with E-state index in [0.717, 1.165) is 5.56 Å². The van der Waals surface area contributed by atoms with Gasteiger partial charge in [0.15, 0.2) is 12.0 Å². The molecule has 4 heteroatoms. The Morgan fingerprint density at radius 2 is 2.11 bits per heavy atom. The highest BCUT2D eigenvalue weighted by Gasteiger charge is 2.38. The summed E-state index contributed by atoms with van der Waals surface area (Å²) in [5.41, 5.74) is 1.02. The number of hydrogen-bond donors (Lipinski definition) is 0. The zero-order chi connectivity index (χ0) is 13.0. The molecule has 2 unspecified atom stereocenters. The molecule has 0 N–H and O–H groups in total. The van der Waals surface area contributed by atoms with E-state index in [1.54, 1.807) is 11.1 Å². The van der Waals surface area contributed by atoms with Crippen LogP contribution >= 0.6 is 0 Å². The van der Waals surface area contributed by atoms with E-state index >= 15 is 0 Å². The molecule has 0 bridgehead atoms. The molecule has 2 atom stereocenters. The van der Waals surface area contributed by atoms with Crippen LogP contribution in [0.4, 0.5) is 4.39 Å². The van der Waals surface area contributed by atoms with Crippen molar-refractivity contribution in [1.29, 1.82) is 0 Å². The third-order valence-electron chi connectivity index (χ3n) is 2.96. The molecule has 0 amide bonds. The Morgan fingerprint density at radius 1 is 1.39 bits per heavy atom. The summed E-state index contributed by atoms with van der Waals surface area (Å²) in [7, 11) is 0. The Hall–Kier alpha value is -1.97. The van der Waals surface area contributed by atoms with Crippen molar-refractivity contribution in [2.24, 2.45) is 10.1 Å². The van der Waals surface area contributed by atoms with Gasteiger partial charge in [-0.3, -0.25) is 4.99 Å². The Kier molecular flexibility index (Phi) is 3.87. The topological polar surface area (TPSA) is 28.0 Å². The van der Waals surface area contributed by atoms with Crippen molar-refractivity contribution in [2.45, 2.75) is 18.6 Å². The fourth-order valence-electron chi connectivity index (χ4n) is 2.16. The highest BCUT2D eigenvalue weighted by molar-refractivity contribution is 5.89. The molecular formula is C14H16FN3. The average molecular weight is 245 g/mol. The molecule has 1 aromatic rings. The highest BCUT2D eigenvalue weighted by Crippen LogP contribution is 2.35. The summed E-state index contributed by atoms with van der Waals surface area (Å²) in [4.78, 5) is 4.17. The van der Waals surface area contributed by atoms with Crippen molar-refractivity contribution in [2.75, 3.05) is 6.54 Å². The lowest BCUT2D eigenvalue weighted by Crippen LogP contribution is -2.25. The second-order valence-electron chi connectivity index (χ2n) is 4.10. The van der Waals surface area contributed by atoms with E-state index in [9.17, 15) is 4.39 Å². The minimum absolute atomic E-state index is 0.123. The van der Waals surface area contributed by atoms with Gasteiger partial charge in [-0.1, -0.05) is 36.4 Å². The van der Waals surface area contributed by atoms with Crippen LogP contribution in [0, 0.1) is 0 Å². The monoisotopic (exact) mass is 245 g/mol. The molecule has 1 saturated heterocycles. The van der Waals surface area contributed by atoms with Gasteiger partial charge in [0, 0.05) is 13.1 Å². The maximum absolute atomic E-state index is 14.0. The molecule has 0 radical (unpaired) electrons. The highest BCUT2D eigenvalue weighted by atomic mass is 19.1. The van der Waals surface area contributed by atoms with Gasteiger partial charge in [-0.25, -0.2) is 9.40 Å². The molecule has 1 aromatic carbocycles. The Balaban J connectivity index is 2.29. The molecule has 2 rings (SSSR count). The number of alkyl halides is 1. The van der Waals surface area contributed by atoms with Crippen LogP contribution in [-0.4, -0.2) is 30.3 Å². The first-order valence-electron chi connectivity index (χ1n) is 5.88. The first-order valence-corrected chi connectivity index (χ1v) is 5.88. The summed E-state index contributed by atoms with van der Waals surface area (Å²) >= 11 is 0. The Bertz CT molecular complexity index is 455. The van der Waals surface area contributed by atoms with Gasteiger partial charge in [0.25, 0.3) is 0 Å². The van der Waals surface area contributed by atoms with Gasteiger partial charge in [0.05, 0.1) is 12.6 Å². The normalized spacial score (nSPS) is 25.4. The van der Waals surface area contributed by atoms with Gasteiger partial charge in [0.2, 0.25) is 0 Å². The SMILES string of the molecule is C=CC/N=C1/C(F)CC(c2ccccc2)N1N=C. The van der Waals surface area contributed by atoms with Crippen molar-refractivity contribution < 1.29 is 4.39 Å². The van der Waals surface area contributed by atoms with Crippen LogP contribution in [0.5, 0.6) is 0 Å². The molecule has 1 fully saturated rings. The number of benzene rings is 1. The van der Waals surface area contributed by atoms with Gasteiger partial charge in [-0.2, -0.15) is 5.10 Å². The molecule has 0 saturated carbocycles. The Labute approximate surface area is 106 Å². The van der Waals surface area contributed by atoms with Crippen LogP contribution in [0.25, 0.3) is 0 Å². The predicted octanol–water partition coefficient (Wildman–Crippen LogP) is 2.97. The van der Waals surface area contributed by atoms with E-state index < -0.39 is 6.17 Å². The van der Waals surface area contributed by atoms with Crippen LogP contribution in [-0.2, 0) is 0 Å². The van der Waals surface area contributed by atoms with Crippen molar-refractivity contribution in [1.82, 2.24) is 5.01 Å². The molecule has 0 spiro atoms. The summed E-state index contributed by atoms with van der Waals surface area (Å²) in [6.07, 6.45) is 0.899. The van der Waals surface area contributed by atoms with Crippen LogP contribution in [0.1, 0.15) is 18.0 Å². The zero-order valence-electron chi connectivity index (χ0n) is 10.2. The van der Waals surface area contributed by atoms with Gasteiger partial charge < -0.3 is 0 Å². The second-order valence-corrected chi connectivity index (χ2v) is 4.10. The first kappa shape index (κ1) is 12.5. The minimum atomic E-state index is -1.10. The van der Waals surface area contributed by atoms with Crippen LogP contribution in [0.15, 0.2) is 53.1 Å². The lowest BCUT2D eigenvalue weighted by atomic mass is 10.1. The summed E-state index contributed by atoms with van der Waals surface area (Å²) < 4.78 is 14.0. The molecule has 0 aliphatic carbocycles. The number of aliphatic imine (C=N–C) groups is 1. The number of rotatable bonds is 4. The maximum atomic E-state index is 14.0. The predicted molar refractivity (Wildman–Crippen MR) is 72.6 cm³/mol. The smallest absolute Gasteiger partial charge is 0.161 e. The standard InChI is InChI=1S/C14H16FN3/c1-3-9-17-14-12(15)10-13(18(14)16-2)11-7-5-4-6-8-11/h3-8,12-13H,1-2,9-10H2/b17-14-. The van der Waals surface area contributed by atoms with Crippen molar-refractivity contribution in [3.63, 3.8) is 0 Å². The van der Waals surface area contributed by atoms with Crippen LogP contribution in [0.2, 0.25) is 0 Å². The first-order chi connectivity index (χ1) is 8.77. The van der Waals surface area contributed by atoms with Crippen molar-refractivity contribution in [3.05, 3.63) is 48.6 Å². The van der Waals surface area contributed by atoms with E-state index in [1.807, 2.05) is 30.3 Å². The molecule has 1 aliphatic rings. The molecule has 1 aliphatic heterocycles. The molecule has 18 heavy (non-hydrogen) atoms. The average Bonchev–Trinajstić information content (AvgIpc) is 2.73. The van der Waals surface area contributed by atoms with Gasteiger partial charge >= 0.3 is 0 Å². The van der Waals surface area contributed by atoms with E-state index in [0.29, 0.717) is 18.8 Å².